The van der Waals surface area contributed by atoms with Gasteiger partial charge in [-0.1, -0.05) is 36.4 Å². The molecule has 5 nitrogen and oxygen atoms in total. The minimum Gasteiger partial charge on any atom is -0.481 e. The van der Waals surface area contributed by atoms with Gasteiger partial charge in [0.2, 0.25) is 11.8 Å². The molecule has 1 aliphatic rings. The first kappa shape index (κ1) is 14.4. The molecule has 1 aliphatic heterocycles. The van der Waals surface area contributed by atoms with Crippen LogP contribution in [0, 0.1) is 0 Å². The molecule has 22 heavy (non-hydrogen) atoms. The number of nitrogens with zero attached hydrogens (tertiary/aromatic N) is 2. The van der Waals surface area contributed by atoms with Gasteiger partial charge in [0, 0.05) is 24.9 Å². The van der Waals surface area contributed by atoms with Crippen LogP contribution in [0.4, 0.5) is 0 Å². The number of ether oxygens (including phenoxy) is 1. The summed E-state index contributed by atoms with van der Waals surface area (Å²) < 4.78 is 5.09. The lowest BCUT2D eigenvalue weighted by molar-refractivity contribution is -0.118. The van der Waals surface area contributed by atoms with Gasteiger partial charge in [0.15, 0.2) is 0 Å². The van der Waals surface area contributed by atoms with E-state index in [-0.39, 0.29) is 6.04 Å². The molecule has 0 spiro atoms. The third-order valence-corrected chi connectivity index (χ3v) is 3.63. The third-order valence-electron chi connectivity index (χ3n) is 3.63. The Morgan fingerprint density at radius 2 is 2.05 bits per heavy atom. The molecule has 2 N–H and O–H groups in total. The number of rotatable bonds is 5. The van der Waals surface area contributed by atoms with E-state index in [9.17, 15) is 0 Å². The molecule has 0 amide bonds. The molecule has 3 rings (SSSR count). The highest BCUT2D eigenvalue weighted by atomic mass is 16.7. The Morgan fingerprint density at radius 1 is 1.23 bits per heavy atom. The lowest BCUT2D eigenvalue weighted by Crippen LogP contribution is -2.26. The number of hydroxylamine groups is 2. The van der Waals surface area contributed by atoms with E-state index in [1.807, 2.05) is 41.5 Å². The fourth-order valence-electron chi connectivity index (χ4n) is 2.48. The molecule has 1 aromatic carbocycles. The summed E-state index contributed by atoms with van der Waals surface area (Å²) in [4.78, 5) is 9.86. The summed E-state index contributed by atoms with van der Waals surface area (Å²) in [5.74, 6) is 1.02. The smallest absolute Gasteiger partial charge is 0.212 e. The van der Waals surface area contributed by atoms with Crippen LogP contribution < -0.4 is 10.5 Å². The lowest BCUT2D eigenvalue weighted by Gasteiger charge is -2.22. The zero-order chi connectivity index (χ0) is 15.4. The number of pyridine rings is 1. The molecule has 0 aliphatic carbocycles. The fourth-order valence-corrected chi connectivity index (χ4v) is 2.48. The summed E-state index contributed by atoms with van der Waals surface area (Å²) in [6.45, 7) is 0.748. The van der Waals surface area contributed by atoms with Gasteiger partial charge in [0.25, 0.3) is 0 Å². The molecule has 0 radical (unpaired) electrons. The Kier molecular flexibility index (Phi) is 4.25. The van der Waals surface area contributed by atoms with Crippen molar-refractivity contribution >= 4 is 0 Å². The first-order valence-corrected chi connectivity index (χ1v) is 7.22. The van der Waals surface area contributed by atoms with Crippen LogP contribution in [-0.2, 0) is 11.3 Å². The summed E-state index contributed by atoms with van der Waals surface area (Å²) in [6.07, 6.45) is 4.58. The maximum atomic E-state index is 5.83. The van der Waals surface area contributed by atoms with Gasteiger partial charge in [-0.2, -0.15) is 0 Å². The van der Waals surface area contributed by atoms with Crippen LogP contribution in [0.25, 0.3) is 0 Å². The Labute approximate surface area is 129 Å². The Hall–Kier alpha value is -2.53. The molecule has 1 atom stereocenters. The summed E-state index contributed by atoms with van der Waals surface area (Å²) in [6, 6.07) is 14.1. The van der Waals surface area contributed by atoms with Crippen molar-refractivity contribution in [3.05, 3.63) is 71.7 Å². The first-order valence-electron chi connectivity index (χ1n) is 7.22. The lowest BCUT2D eigenvalue weighted by atomic mass is 10.1. The first-order chi connectivity index (χ1) is 10.8. The van der Waals surface area contributed by atoms with Crippen molar-refractivity contribution in [1.29, 1.82) is 0 Å². The third kappa shape index (κ3) is 3.20. The summed E-state index contributed by atoms with van der Waals surface area (Å²) >= 11 is 0. The van der Waals surface area contributed by atoms with Crippen LogP contribution in [0.5, 0.6) is 5.88 Å². The highest BCUT2D eigenvalue weighted by molar-refractivity contribution is 5.26. The largest absolute Gasteiger partial charge is 0.481 e. The normalized spacial score (nSPS) is 17.9. The molecule has 5 heteroatoms. The maximum absolute atomic E-state index is 5.83. The van der Waals surface area contributed by atoms with Gasteiger partial charge in [-0.05, 0) is 17.5 Å². The van der Waals surface area contributed by atoms with Crippen molar-refractivity contribution < 1.29 is 9.57 Å². The summed E-state index contributed by atoms with van der Waals surface area (Å²) in [5, 5.41) is 1.88. The molecule has 2 heterocycles. The molecule has 114 valence electrons. The molecule has 1 aromatic heterocycles. The molecule has 0 saturated carbocycles. The van der Waals surface area contributed by atoms with E-state index in [1.54, 1.807) is 13.3 Å². The van der Waals surface area contributed by atoms with Gasteiger partial charge in [-0.15, -0.1) is 5.06 Å². The Bertz CT molecular complexity index is 641. The van der Waals surface area contributed by atoms with Crippen LogP contribution in [0.15, 0.2) is 60.6 Å². The van der Waals surface area contributed by atoms with Crippen molar-refractivity contribution in [3.63, 3.8) is 0 Å². The van der Waals surface area contributed by atoms with Crippen LogP contribution in [0.1, 0.15) is 17.2 Å². The number of hydrogen-bond acceptors (Lipinski definition) is 5. The maximum Gasteiger partial charge on any atom is 0.212 e. The van der Waals surface area contributed by atoms with Crippen molar-refractivity contribution in [1.82, 2.24) is 10.0 Å². The second-order valence-corrected chi connectivity index (χ2v) is 5.12. The standard InChI is InChI=1S/C17H19N3O2/c1-21-17-8-7-14(12-19-17)15-11-16(18)22-20(15)10-9-13-5-3-2-4-6-13/h2-8,11-12,15H,9-10,18H2,1H3. The molecule has 1 unspecified atom stereocenters. The van der Waals surface area contributed by atoms with Crippen LogP contribution in [0.2, 0.25) is 0 Å². The summed E-state index contributed by atoms with van der Waals surface area (Å²) in [7, 11) is 1.60. The van der Waals surface area contributed by atoms with E-state index in [4.69, 9.17) is 15.3 Å². The molecular weight excluding hydrogens is 278 g/mol. The van der Waals surface area contributed by atoms with Crippen molar-refractivity contribution in [3.8, 4) is 5.88 Å². The zero-order valence-corrected chi connectivity index (χ0v) is 12.5. The highest BCUT2D eigenvalue weighted by Crippen LogP contribution is 2.29. The average Bonchev–Trinajstić information content (AvgIpc) is 2.95. The predicted molar refractivity (Wildman–Crippen MR) is 83.7 cm³/mol. The van der Waals surface area contributed by atoms with Crippen molar-refractivity contribution in [2.45, 2.75) is 12.5 Å². The summed E-state index contributed by atoms with van der Waals surface area (Å²) in [5.41, 5.74) is 8.12. The quantitative estimate of drug-likeness (QED) is 0.918. The fraction of sp³-hybridized carbons (Fsp3) is 0.235. The highest BCUT2D eigenvalue weighted by Gasteiger charge is 2.27. The topological polar surface area (TPSA) is 60.6 Å². The van der Waals surface area contributed by atoms with E-state index < -0.39 is 0 Å². The number of methoxy groups -OCH3 is 1. The molecule has 0 bridgehead atoms. The number of nitrogens with two attached hydrogens (primary N) is 1. The minimum absolute atomic E-state index is 0.0258. The van der Waals surface area contributed by atoms with E-state index in [1.165, 1.54) is 5.56 Å². The zero-order valence-electron chi connectivity index (χ0n) is 12.5. The van der Waals surface area contributed by atoms with Gasteiger partial charge in [-0.3, -0.25) is 0 Å². The van der Waals surface area contributed by atoms with E-state index in [2.05, 4.69) is 17.1 Å². The van der Waals surface area contributed by atoms with Crippen LogP contribution in [-0.4, -0.2) is 23.7 Å². The number of aromatic nitrogens is 1. The van der Waals surface area contributed by atoms with Gasteiger partial charge in [0.1, 0.15) is 0 Å². The van der Waals surface area contributed by atoms with Crippen molar-refractivity contribution in [2.75, 3.05) is 13.7 Å². The SMILES string of the molecule is COc1ccc(C2C=C(N)ON2CCc2ccccc2)cn1. The monoisotopic (exact) mass is 297 g/mol. The van der Waals surface area contributed by atoms with Crippen LogP contribution in [0.3, 0.4) is 0 Å². The van der Waals surface area contributed by atoms with Gasteiger partial charge >= 0.3 is 0 Å². The van der Waals surface area contributed by atoms with Crippen LogP contribution >= 0.6 is 0 Å². The molecular formula is C17H19N3O2. The molecule has 0 saturated heterocycles. The van der Waals surface area contributed by atoms with Gasteiger partial charge in [-0.25, -0.2) is 4.98 Å². The minimum atomic E-state index is -0.0258. The van der Waals surface area contributed by atoms with E-state index in [0.717, 1.165) is 18.5 Å². The second-order valence-electron chi connectivity index (χ2n) is 5.12. The van der Waals surface area contributed by atoms with Gasteiger partial charge in [0.05, 0.1) is 13.2 Å². The van der Waals surface area contributed by atoms with E-state index in [0.29, 0.717) is 11.8 Å². The molecule has 0 fully saturated rings. The molecule has 2 aromatic rings. The number of benzene rings is 1. The predicted octanol–water partition coefficient (Wildman–Crippen LogP) is 2.42. The van der Waals surface area contributed by atoms with E-state index >= 15 is 0 Å². The second kappa shape index (κ2) is 6.49. The van der Waals surface area contributed by atoms with Gasteiger partial charge < -0.3 is 15.3 Å². The average molecular weight is 297 g/mol. The van der Waals surface area contributed by atoms with Crippen molar-refractivity contribution in [2.24, 2.45) is 5.73 Å². The Balaban J connectivity index is 1.70. The number of hydrogen-bond donors (Lipinski definition) is 1. The Morgan fingerprint density at radius 3 is 2.73 bits per heavy atom.